The Labute approximate surface area is 145 Å². The lowest BCUT2D eigenvalue weighted by molar-refractivity contribution is -0.135. The number of halogens is 1. The van der Waals surface area contributed by atoms with E-state index in [2.05, 4.69) is 4.98 Å². The van der Waals surface area contributed by atoms with Gasteiger partial charge in [-0.25, -0.2) is 0 Å². The van der Waals surface area contributed by atoms with Crippen molar-refractivity contribution in [3.63, 3.8) is 0 Å². The molecule has 1 saturated heterocycles. The zero-order chi connectivity index (χ0) is 16.9. The first-order valence-corrected chi connectivity index (χ1v) is 8.21. The summed E-state index contributed by atoms with van der Waals surface area (Å²) in [6.45, 7) is 2.19. The van der Waals surface area contributed by atoms with E-state index in [1.807, 2.05) is 30.3 Å². The number of hydrogen-bond donors (Lipinski definition) is 0. The van der Waals surface area contributed by atoms with Crippen LogP contribution in [0, 0.1) is 0 Å². The summed E-state index contributed by atoms with van der Waals surface area (Å²) in [6, 6.07) is 12.9. The summed E-state index contributed by atoms with van der Waals surface area (Å²) in [7, 11) is 0. The van der Waals surface area contributed by atoms with Crippen molar-refractivity contribution in [2.45, 2.75) is 5.92 Å². The van der Waals surface area contributed by atoms with Gasteiger partial charge in [-0.15, -0.1) is 0 Å². The third-order valence-electron chi connectivity index (χ3n) is 4.21. The molecule has 0 radical (unpaired) electrons. The average molecular weight is 344 g/mol. The second-order valence-corrected chi connectivity index (χ2v) is 6.14. The Hall–Kier alpha value is -2.40. The molecular weight excluding hydrogens is 326 g/mol. The molecule has 0 aliphatic carbocycles. The van der Waals surface area contributed by atoms with Crippen molar-refractivity contribution >= 4 is 23.9 Å². The van der Waals surface area contributed by atoms with Gasteiger partial charge in [0, 0.05) is 37.4 Å². The molecule has 1 atom stereocenters. The van der Waals surface area contributed by atoms with Gasteiger partial charge in [-0.2, -0.15) is 0 Å². The molecule has 1 aromatic heterocycles. The zero-order valence-electron chi connectivity index (χ0n) is 13.1. The maximum absolute atomic E-state index is 13.1. The fourth-order valence-corrected chi connectivity index (χ4v) is 3.00. The molecule has 1 aromatic carbocycles. The van der Waals surface area contributed by atoms with Crippen LogP contribution in [-0.2, 0) is 9.59 Å². The highest BCUT2D eigenvalue weighted by Gasteiger charge is 2.30. The van der Waals surface area contributed by atoms with E-state index in [1.54, 1.807) is 28.1 Å². The van der Waals surface area contributed by atoms with Crippen molar-refractivity contribution in [2.75, 3.05) is 26.2 Å². The lowest BCUT2D eigenvalue weighted by Crippen LogP contribution is -2.49. The van der Waals surface area contributed by atoms with Gasteiger partial charge in [-0.3, -0.25) is 14.6 Å². The lowest BCUT2D eigenvalue weighted by atomic mass is 9.93. The van der Waals surface area contributed by atoms with Gasteiger partial charge in [-0.05, 0) is 29.8 Å². The molecule has 1 aliphatic rings. The second-order valence-electron chi connectivity index (χ2n) is 5.71. The van der Waals surface area contributed by atoms with Gasteiger partial charge in [0.1, 0.15) is 5.92 Å². The summed E-state index contributed by atoms with van der Waals surface area (Å²) in [5.74, 6) is -0.465. The van der Waals surface area contributed by atoms with Crippen molar-refractivity contribution in [1.82, 2.24) is 14.8 Å². The second kappa shape index (κ2) is 7.45. The quantitative estimate of drug-likeness (QED) is 0.799. The summed E-state index contributed by atoms with van der Waals surface area (Å²) >= 11 is 5.97. The molecule has 1 aliphatic heterocycles. The largest absolute Gasteiger partial charge is 0.342 e. The van der Waals surface area contributed by atoms with Crippen LogP contribution in [0.1, 0.15) is 17.2 Å². The number of carbonyl (C=O) groups is 2. The Kier molecular flexibility index (Phi) is 5.11. The molecule has 0 bridgehead atoms. The van der Waals surface area contributed by atoms with Gasteiger partial charge in [0.25, 0.3) is 0 Å². The molecule has 24 heavy (non-hydrogen) atoms. The normalized spacial score (nSPS) is 15.9. The van der Waals surface area contributed by atoms with Gasteiger partial charge >= 0.3 is 0 Å². The van der Waals surface area contributed by atoms with Gasteiger partial charge in [-0.1, -0.05) is 29.8 Å². The number of rotatable bonds is 4. The molecule has 2 heterocycles. The summed E-state index contributed by atoms with van der Waals surface area (Å²) in [4.78, 5) is 31.8. The number of pyridine rings is 1. The standard InChI is InChI=1S/C18H18ClN3O2/c19-15-6-4-14(5-7-15)17(16-3-1-2-8-20-16)18(24)22-11-9-21(13-23)10-12-22/h1-8,13,17H,9-12H2. The number of hydrogen-bond acceptors (Lipinski definition) is 3. The monoisotopic (exact) mass is 343 g/mol. The Morgan fingerprint density at radius 1 is 1.08 bits per heavy atom. The van der Waals surface area contributed by atoms with Gasteiger partial charge in [0.15, 0.2) is 0 Å². The van der Waals surface area contributed by atoms with Crippen LogP contribution < -0.4 is 0 Å². The summed E-state index contributed by atoms with van der Waals surface area (Å²) in [5, 5.41) is 0.630. The van der Waals surface area contributed by atoms with Gasteiger partial charge < -0.3 is 9.80 Å². The van der Waals surface area contributed by atoms with Crippen LogP contribution in [0.25, 0.3) is 0 Å². The highest BCUT2D eigenvalue weighted by Crippen LogP contribution is 2.27. The molecule has 5 nitrogen and oxygen atoms in total. The van der Waals surface area contributed by atoms with Gasteiger partial charge in [0.2, 0.25) is 12.3 Å². The lowest BCUT2D eigenvalue weighted by Gasteiger charge is -2.34. The van der Waals surface area contributed by atoms with Crippen LogP contribution >= 0.6 is 11.6 Å². The van der Waals surface area contributed by atoms with E-state index in [0.717, 1.165) is 12.0 Å². The van der Waals surface area contributed by atoms with Crippen molar-refractivity contribution in [2.24, 2.45) is 0 Å². The first kappa shape index (κ1) is 16.5. The van der Waals surface area contributed by atoms with E-state index in [9.17, 15) is 9.59 Å². The van der Waals surface area contributed by atoms with E-state index in [0.29, 0.717) is 36.9 Å². The van der Waals surface area contributed by atoms with Crippen LogP contribution in [0.15, 0.2) is 48.7 Å². The smallest absolute Gasteiger partial charge is 0.236 e. The van der Waals surface area contributed by atoms with Crippen LogP contribution in [-0.4, -0.2) is 53.3 Å². The number of piperazine rings is 1. The van der Waals surface area contributed by atoms with Crippen LogP contribution in [0.2, 0.25) is 5.02 Å². The Morgan fingerprint density at radius 3 is 2.38 bits per heavy atom. The first-order chi connectivity index (χ1) is 11.7. The zero-order valence-corrected chi connectivity index (χ0v) is 13.9. The molecule has 2 aromatic rings. The highest BCUT2D eigenvalue weighted by molar-refractivity contribution is 6.30. The molecule has 0 spiro atoms. The predicted octanol–water partition coefficient (Wildman–Crippen LogP) is 2.17. The van der Waals surface area contributed by atoms with Crippen molar-refractivity contribution < 1.29 is 9.59 Å². The van der Waals surface area contributed by atoms with E-state index in [4.69, 9.17) is 11.6 Å². The molecule has 2 amide bonds. The number of nitrogens with zero attached hydrogens (tertiary/aromatic N) is 3. The number of benzene rings is 1. The fourth-order valence-electron chi connectivity index (χ4n) is 2.87. The SMILES string of the molecule is O=CN1CCN(C(=O)C(c2ccc(Cl)cc2)c2ccccn2)CC1. The molecule has 0 N–H and O–H groups in total. The molecule has 1 fully saturated rings. The third kappa shape index (κ3) is 3.57. The van der Waals surface area contributed by atoms with Crippen molar-refractivity contribution in [3.8, 4) is 0 Å². The predicted molar refractivity (Wildman–Crippen MR) is 91.7 cm³/mol. The van der Waals surface area contributed by atoms with E-state index >= 15 is 0 Å². The average Bonchev–Trinajstić information content (AvgIpc) is 2.64. The molecule has 6 heteroatoms. The summed E-state index contributed by atoms with van der Waals surface area (Å²) in [6.07, 6.45) is 2.52. The van der Waals surface area contributed by atoms with E-state index in [1.165, 1.54) is 0 Å². The van der Waals surface area contributed by atoms with E-state index < -0.39 is 5.92 Å². The molecule has 0 saturated carbocycles. The minimum Gasteiger partial charge on any atom is -0.342 e. The van der Waals surface area contributed by atoms with Crippen molar-refractivity contribution in [3.05, 3.63) is 64.9 Å². The Balaban J connectivity index is 1.88. The molecule has 1 unspecified atom stereocenters. The van der Waals surface area contributed by atoms with Crippen LogP contribution in [0.4, 0.5) is 0 Å². The topological polar surface area (TPSA) is 53.5 Å². The molecule has 124 valence electrons. The molecule has 3 rings (SSSR count). The number of carbonyl (C=O) groups excluding carboxylic acids is 2. The maximum Gasteiger partial charge on any atom is 0.236 e. The van der Waals surface area contributed by atoms with Crippen molar-refractivity contribution in [1.29, 1.82) is 0 Å². The first-order valence-electron chi connectivity index (χ1n) is 7.83. The number of aromatic nitrogens is 1. The fraction of sp³-hybridized carbons (Fsp3) is 0.278. The van der Waals surface area contributed by atoms with Crippen LogP contribution in [0.3, 0.4) is 0 Å². The molecular formula is C18H18ClN3O2. The van der Waals surface area contributed by atoms with E-state index in [-0.39, 0.29) is 5.91 Å². The Morgan fingerprint density at radius 2 is 1.79 bits per heavy atom. The van der Waals surface area contributed by atoms with Crippen LogP contribution in [0.5, 0.6) is 0 Å². The summed E-state index contributed by atoms with van der Waals surface area (Å²) < 4.78 is 0. The minimum absolute atomic E-state index is 0.00146. The maximum atomic E-state index is 13.1. The minimum atomic E-state index is -0.466. The summed E-state index contributed by atoms with van der Waals surface area (Å²) in [5.41, 5.74) is 1.57. The Bertz CT molecular complexity index is 698. The number of amides is 2. The van der Waals surface area contributed by atoms with Gasteiger partial charge in [0.05, 0.1) is 5.69 Å². The highest BCUT2D eigenvalue weighted by atomic mass is 35.5. The third-order valence-corrected chi connectivity index (χ3v) is 4.46.